The van der Waals surface area contributed by atoms with Crippen LogP contribution >= 0.6 is 0 Å². The number of H-pyrrole nitrogens is 1. The summed E-state index contributed by atoms with van der Waals surface area (Å²) in [7, 11) is 3.26. The van der Waals surface area contributed by atoms with Gasteiger partial charge in [0.05, 0.1) is 25.0 Å². The number of fused-ring (bicyclic) bond motifs is 4. The normalized spacial score (nSPS) is 11.6. The van der Waals surface area contributed by atoms with Crippen molar-refractivity contribution in [1.29, 1.82) is 0 Å². The Hall–Kier alpha value is -4.57. The van der Waals surface area contributed by atoms with Crippen LogP contribution in [0.1, 0.15) is 11.3 Å². The number of nitrogens with zero attached hydrogens (tertiary/aromatic N) is 6. The van der Waals surface area contributed by atoms with E-state index in [2.05, 4.69) is 25.3 Å². The molecule has 10 heteroatoms. The highest BCUT2D eigenvalue weighted by molar-refractivity contribution is 5.85. The molecule has 36 heavy (non-hydrogen) atoms. The fraction of sp³-hybridized carbons (Fsp3) is 0.192. The minimum atomic E-state index is -0.267. The lowest BCUT2D eigenvalue weighted by Crippen LogP contribution is -2.23. The Kier molecular flexibility index (Phi) is 5.42. The van der Waals surface area contributed by atoms with Crippen molar-refractivity contribution in [1.82, 2.24) is 34.3 Å². The lowest BCUT2D eigenvalue weighted by molar-refractivity contribution is 0.181. The van der Waals surface area contributed by atoms with E-state index >= 15 is 0 Å². The first-order valence-electron chi connectivity index (χ1n) is 11.5. The first-order valence-corrected chi connectivity index (χ1v) is 11.5. The van der Waals surface area contributed by atoms with Gasteiger partial charge in [0.2, 0.25) is 0 Å². The highest BCUT2D eigenvalue weighted by Crippen LogP contribution is 2.28. The SMILES string of the molecule is COCc1nn2c(nnc3c(=O)n(CCc4c[nH]c5ccc(OC)cc45)cnc32)c1-c1ccccc1. The van der Waals surface area contributed by atoms with Crippen LogP contribution in [0.4, 0.5) is 0 Å². The van der Waals surface area contributed by atoms with E-state index in [1.807, 2.05) is 54.7 Å². The van der Waals surface area contributed by atoms with E-state index in [0.717, 1.165) is 33.3 Å². The zero-order valence-electron chi connectivity index (χ0n) is 19.8. The summed E-state index contributed by atoms with van der Waals surface area (Å²) in [6, 6.07) is 15.7. The van der Waals surface area contributed by atoms with E-state index in [0.29, 0.717) is 36.6 Å². The maximum absolute atomic E-state index is 13.3. The molecule has 0 amide bonds. The molecular formula is C26H23N7O3. The second-order valence-corrected chi connectivity index (χ2v) is 8.45. The largest absolute Gasteiger partial charge is 0.497 e. The van der Waals surface area contributed by atoms with E-state index in [1.165, 1.54) is 0 Å². The third-order valence-corrected chi connectivity index (χ3v) is 6.31. The number of aromatic amines is 1. The van der Waals surface area contributed by atoms with Crippen molar-refractivity contribution in [2.24, 2.45) is 0 Å². The van der Waals surface area contributed by atoms with E-state index in [1.54, 1.807) is 29.6 Å². The number of benzene rings is 2. The molecule has 10 nitrogen and oxygen atoms in total. The van der Waals surface area contributed by atoms with Gasteiger partial charge in [0.15, 0.2) is 16.8 Å². The molecule has 0 spiro atoms. The number of ether oxygens (including phenoxy) is 2. The maximum Gasteiger partial charge on any atom is 0.283 e. The molecule has 0 saturated heterocycles. The van der Waals surface area contributed by atoms with Crippen molar-refractivity contribution in [2.45, 2.75) is 19.6 Å². The fourth-order valence-electron chi connectivity index (χ4n) is 4.53. The van der Waals surface area contributed by atoms with Crippen molar-refractivity contribution >= 4 is 27.7 Å². The van der Waals surface area contributed by atoms with Gasteiger partial charge in [0.1, 0.15) is 12.1 Å². The summed E-state index contributed by atoms with van der Waals surface area (Å²) < 4.78 is 13.9. The highest BCUT2D eigenvalue weighted by Gasteiger charge is 2.20. The van der Waals surface area contributed by atoms with Gasteiger partial charge in [-0.25, -0.2) is 4.98 Å². The number of rotatable bonds is 7. The van der Waals surface area contributed by atoms with E-state index in [4.69, 9.17) is 9.47 Å². The Balaban J connectivity index is 1.40. The summed E-state index contributed by atoms with van der Waals surface area (Å²) in [4.78, 5) is 21.1. The number of methoxy groups -OCH3 is 2. The van der Waals surface area contributed by atoms with Crippen molar-refractivity contribution in [2.75, 3.05) is 14.2 Å². The summed E-state index contributed by atoms with van der Waals surface area (Å²) in [6.45, 7) is 0.733. The number of nitrogens with one attached hydrogen (secondary N) is 1. The Morgan fingerprint density at radius 1 is 1.03 bits per heavy atom. The van der Waals surface area contributed by atoms with Gasteiger partial charge in [-0.1, -0.05) is 30.3 Å². The predicted octanol–water partition coefficient (Wildman–Crippen LogP) is 3.38. The second kappa shape index (κ2) is 8.90. The van der Waals surface area contributed by atoms with Crippen LogP contribution in [-0.2, 0) is 24.3 Å². The average molecular weight is 482 g/mol. The smallest absolute Gasteiger partial charge is 0.283 e. The van der Waals surface area contributed by atoms with Crippen molar-refractivity contribution < 1.29 is 9.47 Å². The highest BCUT2D eigenvalue weighted by atomic mass is 16.5. The molecule has 0 fully saturated rings. The van der Waals surface area contributed by atoms with Gasteiger partial charge >= 0.3 is 0 Å². The molecule has 0 unspecified atom stereocenters. The summed E-state index contributed by atoms with van der Waals surface area (Å²) in [5, 5.41) is 14.4. The lowest BCUT2D eigenvalue weighted by atomic mass is 10.1. The van der Waals surface area contributed by atoms with Crippen LogP contribution in [0.15, 0.2) is 65.8 Å². The van der Waals surface area contributed by atoms with Crippen LogP contribution < -0.4 is 10.3 Å². The van der Waals surface area contributed by atoms with Crippen LogP contribution in [0.25, 0.3) is 38.8 Å². The quantitative estimate of drug-likeness (QED) is 0.372. The molecule has 0 aliphatic rings. The minimum absolute atomic E-state index is 0.164. The first kappa shape index (κ1) is 21.9. The van der Waals surface area contributed by atoms with Crippen LogP contribution in [0.2, 0.25) is 0 Å². The van der Waals surface area contributed by atoms with Gasteiger partial charge in [-0.2, -0.15) is 9.61 Å². The standard InChI is InChI=1S/C26H23N7O3/c1-35-14-21-22(16-6-4-3-5-7-16)24-30-29-23-25(33(24)31-21)28-15-32(26(23)34)11-10-17-13-27-20-9-8-18(36-2)12-19(17)20/h3-9,12-13,15,27H,10-11,14H2,1-2H3. The molecular weight excluding hydrogens is 458 g/mol. The van der Waals surface area contributed by atoms with Crippen LogP contribution in [-0.4, -0.2) is 48.6 Å². The summed E-state index contributed by atoms with van der Waals surface area (Å²) in [5.74, 6) is 0.786. The number of hydrogen-bond donors (Lipinski definition) is 1. The molecule has 4 heterocycles. The number of aryl methyl sites for hydroxylation is 2. The summed E-state index contributed by atoms with van der Waals surface area (Å²) in [6.07, 6.45) is 4.13. The van der Waals surface area contributed by atoms with E-state index < -0.39 is 0 Å². The van der Waals surface area contributed by atoms with Crippen molar-refractivity contribution in [3.05, 3.63) is 82.7 Å². The Labute approximate surface area is 205 Å². The topological polar surface area (TPSA) is 112 Å². The second-order valence-electron chi connectivity index (χ2n) is 8.45. The van der Waals surface area contributed by atoms with E-state index in [9.17, 15) is 4.79 Å². The molecule has 1 N–H and O–H groups in total. The Morgan fingerprint density at radius 2 is 1.89 bits per heavy atom. The fourth-order valence-corrected chi connectivity index (χ4v) is 4.53. The lowest BCUT2D eigenvalue weighted by Gasteiger charge is -2.07. The number of aromatic nitrogens is 7. The zero-order chi connectivity index (χ0) is 24.6. The molecule has 4 aromatic heterocycles. The first-order chi connectivity index (χ1) is 17.7. The molecule has 6 aromatic rings. The summed E-state index contributed by atoms with van der Waals surface area (Å²) in [5.41, 5.74) is 5.34. The predicted molar refractivity (Wildman–Crippen MR) is 135 cm³/mol. The molecule has 0 bridgehead atoms. The van der Waals surface area contributed by atoms with Gasteiger partial charge in [0, 0.05) is 30.8 Å². The molecule has 0 aliphatic heterocycles. The third kappa shape index (κ3) is 3.59. The molecule has 0 aliphatic carbocycles. The number of hydrogen-bond acceptors (Lipinski definition) is 7. The third-order valence-electron chi connectivity index (χ3n) is 6.31. The van der Waals surface area contributed by atoms with Gasteiger partial charge in [-0.3, -0.25) is 9.36 Å². The van der Waals surface area contributed by atoms with Crippen molar-refractivity contribution in [3.63, 3.8) is 0 Å². The van der Waals surface area contributed by atoms with Crippen LogP contribution in [0.5, 0.6) is 5.75 Å². The monoisotopic (exact) mass is 481 g/mol. The molecule has 0 saturated carbocycles. The Bertz CT molecular complexity index is 1770. The van der Waals surface area contributed by atoms with Crippen molar-refractivity contribution in [3.8, 4) is 16.9 Å². The van der Waals surface area contributed by atoms with Crippen LogP contribution in [0, 0.1) is 0 Å². The molecule has 6 rings (SSSR count). The van der Waals surface area contributed by atoms with Gasteiger partial charge in [0.25, 0.3) is 5.56 Å². The average Bonchev–Trinajstić information content (AvgIpc) is 3.49. The maximum atomic E-state index is 13.3. The van der Waals surface area contributed by atoms with Gasteiger partial charge in [-0.15, -0.1) is 10.2 Å². The molecule has 180 valence electrons. The molecule has 2 aromatic carbocycles. The van der Waals surface area contributed by atoms with Gasteiger partial charge in [-0.05, 0) is 35.7 Å². The minimum Gasteiger partial charge on any atom is -0.497 e. The summed E-state index contributed by atoms with van der Waals surface area (Å²) >= 11 is 0. The molecule has 0 atom stereocenters. The zero-order valence-corrected chi connectivity index (χ0v) is 19.8. The molecule has 0 radical (unpaired) electrons. The van der Waals surface area contributed by atoms with Crippen LogP contribution in [0.3, 0.4) is 0 Å². The van der Waals surface area contributed by atoms with E-state index in [-0.39, 0.29) is 11.1 Å². The Morgan fingerprint density at radius 3 is 2.69 bits per heavy atom. The van der Waals surface area contributed by atoms with Gasteiger partial charge < -0.3 is 14.5 Å².